The van der Waals surface area contributed by atoms with Crippen molar-refractivity contribution >= 4 is 6.21 Å². The molecule has 0 amide bonds. The van der Waals surface area contributed by atoms with Gasteiger partial charge in [-0.25, -0.2) is 0 Å². The second-order valence-corrected chi connectivity index (χ2v) is 4.57. The summed E-state index contributed by atoms with van der Waals surface area (Å²) in [5, 5.41) is 10.2. The lowest BCUT2D eigenvalue weighted by molar-refractivity contribution is 0.0135. The summed E-state index contributed by atoms with van der Waals surface area (Å²) >= 11 is 0. The van der Waals surface area contributed by atoms with Gasteiger partial charge in [0.05, 0.1) is 7.11 Å². The van der Waals surface area contributed by atoms with Gasteiger partial charge in [0.25, 0.3) is 0 Å². The largest absolute Gasteiger partial charge is 0.497 e. The van der Waals surface area contributed by atoms with Crippen molar-refractivity contribution in [1.82, 2.24) is 0 Å². The first-order chi connectivity index (χ1) is 8.22. The highest BCUT2D eigenvalue weighted by atomic mass is 16.5. The van der Waals surface area contributed by atoms with E-state index < -0.39 is 5.72 Å². The molecule has 0 bridgehead atoms. The number of ether oxygens (including phenoxy) is 1. The zero-order valence-corrected chi connectivity index (χ0v) is 10.2. The van der Waals surface area contributed by atoms with E-state index in [9.17, 15) is 5.11 Å². The Bertz CT molecular complexity index is 378. The van der Waals surface area contributed by atoms with Crippen LogP contribution in [0.4, 0.5) is 0 Å². The Labute approximate surface area is 102 Å². The topological polar surface area (TPSA) is 41.8 Å². The highest BCUT2D eigenvalue weighted by Crippen LogP contribution is 2.28. The van der Waals surface area contributed by atoms with Gasteiger partial charge in [-0.3, -0.25) is 4.99 Å². The molecule has 92 valence electrons. The van der Waals surface area contributed by atoms with Gasteiger partial charge in [0.1, 0.15) is 5.75 Å². The Morgan fingerprint density at radius 2 is 1.82 bits per heavy atom. The van der Waals surface area contributed by atoms with Crippen LogP contribution in [0.1, 0.15) is 37.7 Å². The van der Waals surface area contributed by atoms with Crippen LogP contribution >= 0.6 is 0 Å². The lowest BCUT2D eigenvalue weighted by Gasteiger charge is -2.27. The first kappa shape index (κ1) is 12.1. The number of hydrogen-bond acceptors (Lipinski definition) is 3. The molecule has 2 rings (SSSR count). The Kier molecular flexibility index (Phi) is 3.79. The SMILES string of the molecule is COc1ccc(C=NC2(O)CCCCC2)cc1. The fourth-order valence-corrected chi connectivity index (χ4v) is 2.13. The predicted octanol–water partition coefficient (Wildman–Crippen LogP) is 2.77. The van der Waals surface area contributed by atoms with Crippen molar-refractivity contribution in [2.45, 2.75) is 37.8 Å². The maximum absolute atomic E-state index is 10.2. The van der Waals surface area contributed by atoms with E-state index in [1.807, 2.05) is 24.3 Å². The van der Waals surface area contributed by atoms with Crippen LogP contribution in [0.5, 0.6) is 5.75 Å². The molecule has 1 aliphatic rings. The maximum Gasteiger partial charge on any atom is 0.155 e. The molecule has 0 aliphatic heterocycles. The van der Waals surface area contributed by atoms with Crippen molar-refractivity contribution in [2.24, 2.45) is 4.99 Å². The molecular formula is C14H19NO2. The summed E-state index contributed by atoms with van der Waals surface area (Å²) < 4.78 is 5.09. The molecule has 0 aromatic heterocycles. The Hall–Kier alpha value is -1.35. The minimum absolute atomic E-state index is 0.777. The molecule has 0 unspecified atom stereocenters. The molecule has 0 heterocycles. The van der Waals surface area contributed by atoms with Crippen molar-refractivity contribution in [1.29, 1.82) is 0 Å². The Balaban J connectivity index is 2.03. The summed E-state index contributed by atoms with van der Waals surface area (Å²) in [6.45, 7) is 0. The average molecular weight is 233 g/mol. The van der Waals surface area contributed by atoms with Crippen LogP contribution in [0.25, 0.3) is 0 Å². The van der Waals surface area contributed by atoms with Gasteiger partial charge in [0, 0.05) is 6.21 Å². The zero-order chi connectivity index (χ0) is 12.1. The molecule has 1 aliphatic carbocycles. The normalized spacial score (nSPS) is 19.4. The highest BCUT2D eigenvalue weighted by Gasteiger charge is 2.27. The quantitative estimate of drug-likeness (QED) is 0.816. The molecule has 3 heteroatoms. The van der Waals surface area contributed by atoms with Crippen LogP contribution in [0.3, 0.4) is 0 Å². The zero-order valence-electron chi connectivity index (χ0n) is 10.2. The number of hydrogen-bond donors (Lipinski definition) is 1. The number of methoxy groups -OCH3 is 1. The van der Waals surface area contributed by atoms with E-state index in [1.165, 1.54) is 6.42 Å². The Morgan fingerprint density at radius 1 is 1.18 bits per heavy atom. The second kappa shape index (κ2) is 5.32. The minimum atomic E-state index is -0.835. The van der Waals surface area contributed by atoms with Crippen LogP contribution in [0.15, 0.2) is 29.3 Å². The number of aliphatic hydroxyl groups is 1. The molecule has 1 aromatic rings. The lowest BCUT2D eigenvalue weighted by atomic mass is 9.92. The minimum Gasteiger partial charge on any atom is -0.497 e. The van der Waals surface area contributed by atoms with Crippen LogP contribution < -0.4 is 4.74 Å². The lowest BCUT2D eigenvalue weighted by Crippen LogP contribution is -2.28. The van der Waals surface area contributed by atoms with Crippen LogP contribution in [-0.2, 0) is 0 Å². The highest BCUT2D eigenvalue weighted by molar-refractivity contribution is 5.80. The van der Waals surface area contributed by atoms with Crippen LogP contribution in [0.2, 0.25) is 0 Å². The van der Waals surface area contributed by atoms with Gasteiger partial charge in [0.15, 0.2) is 5.72 Å². The monoisotopic (exact) mass is 233 g/mol. The molecule has 1 fully saturated rings. The molecule has 0 radical (unpaired) electrons. The summed E-state index contributed by atoms with van der Waals surface area (Å²) in [5.74, 6) is 0.832. The van der Waals surface area contributed by atoms with Gasteiger partial charge in [-0.15, -0.1) is 0 Å². The van der Waals surface area contributed by atoms with Gasteiger partial charge in [-0.1, -0.05) is 6.42 Å². The van der Waals surface area contributed by atoms with Crippen LogP contribution in [0, 0.1) is 0 Å². The van der Waals surface area contributed by atoms with E-state index in [4.69, 9.17) is 4.74 Å². The summed E-state index contributed by atoms with van der Waals surface area (Å²) in [7, 11) is 1.65. The molecule has 3 nitrogen and oxygen atoms in total. The van der Waals surface area contributed by atoms with Gasteiger partial charge < -0.3 is 9.84 Å². The smallest absolute Gasteiger partial charge is 0.155 e. The third-order valence-corrected chi connectivity index (χ3v) is 3.22. The summed E-state index contributed by atoms with van der Waals surface area (Å²) in [6.07, 6.45) is 6.65. The van der Waals surface area contributed by atoms with E-state index in [1.54, 1.807) is 13.3 Å². The molecule has 1 aromatic carbocycles. The predicted molar refractivity (Wildman–Crippen MR) is 68.6 cm³/mol. The molecule has 17 heavy (non-hydrogen) atoms. The molecule has 1 saturated carbocycles. The molecule has 1 N–H and O–H groups in total. The fourth-order valence-electron chi connectivity index (χ4n) is 2.13. The third kappa shape index (κ3) is 3.30. The number of nitrogens with zero attached hydrogens (tertiary/aromatic N) is 1. The molecule has 0 atom stereocenters. The Morgan fingerprint density at radius 3 is 2.41 bits per heavy atom. The first-order valence-corrected chi connectivity index (χ1v) is 6.13. The van der Waals surface area contributed by atoms with Crippen molar-refractivity contribution < 1.29 is 9.84 Å². The number of rotatable bonds is 3. The summed E-state index contributed by atoms with van der Waals surface area (Å²) in [6, 6.07) is 7.67. The van der Waals surface area contributed by atoms with Gasteiger partial charge >= 0.3 is 0 Å². The first-order valence-electron chi connectivity index (χ1n) is 6.13. The average Bonchev–Trinajstić information content (AvgIpc) is 2.38. The molecular weight excluding hydrogens is 214 g/mol. The van der Waals surface area contributed by atoms with Gasteiger partial charge in [-0.2, -0.15) is 0 Å². The summed E-state index contributed by atoms with van der Waals surface area (Å²) in [5.41, 5.74) is 0.155. The van der Waals surface area contributed by atoms with E-state index in [-0.39, 0.29) is 0 Å². The van der Waals surface area contributed by atoms with E-state index in [0.717, 1.165) is 37.0 Å². The van der Waals surface area contributed by atoms with Gasteiger partial charge in [0.2, 0.25) is 0 Å². The van der Waals surface area contributed by atoms with Gasteiger partial charge in [-0.05, 0) is 55.5 Å². The van der Waals surface area contributed by atoms with E-state index >= 15 is 0 Å². The van der Waals surface area contributed by atoms with Crippen molar-refractivity contribution in [3.63, 3.8) is 0 Å². The number of aliphatic imine (C=N–C) groups is 1. The van der Waals surface area contributed by atoms with Crippen molar-refractivity contribution in [2.75, 3.05) is 7.11 Å². The maximum atomic E-state index is 10.2. The number of benzene rings is 1. The second-order valence-electron chi connectivity index (χ2n) is 4.57. The van der Waals surface area contributed by atoms with Crippen molar-refractivity contribution in [3.05, 3.63) is 29.8 Å². The summed E-state index contributed by atoms with van der Waals surface area (Å²) in [4.78, 5) is 4.33. The molecule has 0 saturated heterocycles. The van der Waals surface area contributed by atoms with Crippen LogP contribution in [-0.4, -0.2) is 24.2 Å². The van der Waals surface area contributed by atoms with Crippen molar-refractivity contribution in [3.8, 4) is 5.75 Å². The van der Waals surface area contributed by atoms with E-state index in [0.29, 0.717) is 0 Å². The van der Waals surface area contributed by atoms with E-state index in [2.05, 4.69) is 4.99 Å². The third-order valence-electron chi connectivity index (χ3n) is 3.22. The molecule has 0 spiro atoms. The standard InChI is InChI=1S/C14H19NO2/c1-17-13-7-5-12(6-8-13)11-15-14(16)9-3-2-4-10-14/h5-8,11,16H,2-4,9-10H2,1H3. The fraction of sp³-hybridized carbons (Fsp3) is 0.500.